The molecule has 9 nitrogen and oxygen atoms in total. The number of β-amino-alcohol motifs (C(OH)–C–C–N with tert-alkyl or cyclic N) is 1. The van der Waals surface area contributed by atoms with E-state index in [4.69, 9.17) is 0 Å². The van der Waals surface area contributed by atoms with Crippen molar-refractivity contribution in [3.63, 3.8) is 0 Å². The number of alkyl halides is 8. The first kappa shape index (κ1) is 36.0. The number of likely N-dealkylation sites (tertiary alicyclic amines) is 1. The molecule has 2 aliphatic heterocycles. The average molecular weight is 707 g/mol. The standard InChI is InChI=1S/C31H31F9N6O3/c1-27(49)12-23(45(15-27)16-41)26(48)46(20-2-3-21-22(11-20)43-9-8-29(21,30(35,36)37)31(38,39)40)24(17-10-18(32)14-42-13-17)25(47)44-19-4-6-28(33,34)7-5-19/h2-3,10-11,13-14,19,23-24,43,49H,4-9,12,15H2,1H3,(H,44,47)/t23-,24?,27-/m1/s1. The van der Waals surface area contributed by atoms with Gasteiger partial charge in [0.1, 0.15) is 17.9 Å². The van der Waals surface area contributed by atoms with Crippen molar-refractivity contribution in [3.8, 4) is 6.19 Å². The number of benzene rings is 1. The minimum Gasteiger partial charge on any atom is -0.388 e. The number of halogens is 9. The van der Waals surface area contributed by atoms with Gasteiger partial charge in [-0.2, -0.15) is 31.6 Å². The lowest BCUT2D eigenvalue weighted by Gasteiger charge is -2.42. The van der Waals surface area contributed by atoms with E-state index in [2.05, 4.69) is 15.6 Å². The number of nitrogens with zero attached hydrogens (tertiary/aromatic N) is 4. The Hall–Kier alpha value is -4.27. The molecule has 3 atom stereocenters. The molecule has 49 heavy (non-hydrogen) atoms. The van der Waals surface area contributed by atoms with Crippen molar-refractivity contribution in [1.29, 1.82) is 5.26 Å². The average Bonchev–Trinajstić information content (AvgIpc) is 3.33. The van der Waals surface area contributed by atoms with Crippen molar-refractivity contribution in [2.45, 2.75) is 92.9 Å². The Bertz CT molecular complexity index is 1620. The fraction of sp³-hybridized carbons (Fsp3) is 0.548. The zero-order chi connectivity index (χ0) is 36.2. The smallest absolute Gasteiger partial charge is 0.388 e. The fourth-order valence-electron chi connectivity index (χ4n) is 6.89. The normalized spacial score (nSPS) is 24.3. The van der Waals surface area contributed by atoms with Crippen LogP contribution in [0.15, 0.2) is 36.7 Å². The number of fused-ring (bicyclic) bond motifs is 1. The molecule has 3 N–H and O–H groups in total. The monoisotopic (exact) mass is 706 g/mol. The van der Waals surface area contributed by atoms with Gasteiger partial charge < -0.3 is 15.7 Å². The second-order valence-electron chi connectivity index (χ2n) is 12.9. The Kier molecular flexibility index (Phi) is 9.23. The van der Waals surface area contributed by atoms with E-state index in [1.807, 2.05) is 0 Å². The molecule has 1 unspecified atom stereocenters. The quantitative estimate of drug-likeness (QED) is 0.269. The molecule has 0 radical (unpaired) electrons. The Morgan fingerprint density at radius 3 is 2.35 bits per heavy atom. The predicted octanol–water partition coefficient (Wildman–Crippen LogP) is 5.47. The highest BCUT2D eigenvalue weighted by atomic mass is 19.4. The van der Waals surface area contributed by atoms with Crippen LogP contribution in [0.5, 0.6) is 0 Å². The summed E-state index contributed by atoms with van der Waals surface area (Å²) in [6.45, 7) is 0.209. The summed E-state index contributed by atoms with van der Waals surface area (Å²) in [4.78, 5) is 33.8. The summed E-state index contributed by atoms with van der Waals surface area (Å²) in [5.41, 5.74) is -8.43. The van der Waals surface area contributed by atoms with Crippen LogP contribution in [-0.4, -0.2) is 75.9 Å². The van der Waals surface area contributed by atoms with E-state index in [0.717, 1.165) is 35.5 Å². The molecule has 2 amide bonds. The third kappa shape index (κ3) is 6.81. The Morgan fingerprint density at radius 1 is 1.10 bits per heavy atom. The number of hydrogen-bond acceptors (Lipinski definition) is 7. The van der Waals surface area contributed by atoms with Crippen molar-refractivity contribution < 1.29 is 54.2 Å². The molecule has 18 heteroatoms. The third-order valence-electron chi connectivity index (χ3n) is 9.31. The summed E-state index contributed by atoms with van der Waals surface area (Å²) < 4.78 is 128. The Labute approximate surface area is 274 Å². The van der Waals surface area contributed by atoms with Crippen LogP contribution in [-0.2, 0) is 15.0 Å². The number of anilines is 2. The number of carbonyl (C=O) groups excluding carboxylic acids is 2. The van der Waals surface area contributed by atoms with E-state index in [0.29, 0.717) is 11.0 Å². The van der Waals surface area contributed by atoms with Gasteiger partial charge in [-0.25, -0.2) is 13.2 Å². The number of nitriles is 1. The van der Waals surface area contributed by atoms with Crippen molar-refractivity contribution >= 4 is 23.2 Å². The summed E-state index contributed by atoms with van der Waals surface area (Å²) in [5, 5.41) is 25.6. The number of nitrogens with one attached hydrogen (secondary N) is 2. The van der Waals surface area contributed by atoms with E-state index < -0.39 is 108 Å². The van der Waals surface area contributed by atoms with Crippen LogP contribution in [0.2, 0.25) is 0 Å². The van der Waals surface area contributed by atoms with Crippen molar-refractivity contribution in [3.05, 3.63) is 53.6 Å². The van der Waals surface area contributed by atoms with Crippen LogP contribution < -0.4 is 15.5 Å². The topological polar surface area (TPSA) is 122 Å². The number of amides is 2. The van der Waals surface area contributed by atoms with E-state index in [1.165, 1.54) is 6.92 Å². The van der Waals surface area contributed by atoms with Gasteiger partial charge in [0.25, 0.3) is 5.91 Å². The van der Waals surface area contributed by atoms with Gasteiger partial charge in [-0.15, -0.1) is 0 Å². The van der Waals surface area contributed by atoms with Gasteiger partial charge in [0, 0.05) is 55.0 Å². The van der Waals surface area contributed by atoms with Gasteiger partial charge >= 0.3 is 12.4 Å². The van der Waals surface area contributed by atoms with Crippen LogP contribution in [0.4, 0.5) is 50.9 Å². The molecule has 1 aromatic carbocycles. The lowest BCUT2D eigenvalue weighted by atomic mass is 9.73. The number of aromatic nitrogens is 1. The van der Waals surface area contributed by atoms with E-state index in [1.54, 1.807) is 6.19 Å². The SMILES string of the molecule is C[C@@]1(O)C[C@H](C(=O)N(c2ccc3c(c2)NCCC3(C(F)(F)F)C(F)(F)F)C(C(=O)NC2CCC(F)(F)CC2)c2cncc(F)c2)N(C#N)C1. The summed E-state index contributed by atoms with van der Waals surface area (Å²) >= 11 is 0. The van der Waals surface area contributed by atoms with E-state index in [-0.39, 0.29) is 31.4 Å². The number of rotatable bonds is 6. The Morgan fingerprint density at radius 2 is 1.76 bits per heavy atom. The molecule has 1 saturated carbocycles. The molecule has 2 fully saturated rings. The first-order valence-electron chi connectivity index (χ1n) is 15.2. The first-order chi connectivity index (χ1) is 22.7. The summed E-state index contributed by atoms with van der Waals surface area (Å²) in [6.07, 6.45) is -11.3. The predicted molar refractivity (Wildman–Crippen MR) is 154 cm³/mol. The lowest BCUT2D eigenvalue weighted by Crippen LogP contribution is -2.56. The lowest BCUT2D eigenvalue weighted by molar-refractivity contribution is -0.305. The summed E-state index contributed by atoms with van der Waals surface area (Å²) in [7, 11) is 0. The van der Waals surface area contributed by atoms with Gasteiger partial charge in [-0.3, -0.25) is 24.4 Å². The molecule has 0 spiro atoms. The van der Waals surface area contributed by atoms with Crippen LogP contribution in [0.3, 0.4) is 0 Å². The number of hydrogen-bond donors (Lipinski definition) is 3. The molecular formula is C31H31F9N6O3. The molecule has 1 saturated heterocycles. The zero-order valence-corrected chi connectivity index (χ0v) is 25.8. The minimum atomic E-state index is -5.78. The second kappa shape index (κ2) is 12.6. The van der Waals surface area contributed by atoms with Crippen LogP contribution >= 0.6 is 0 Å². The van der Waals surface area contributed by atoms with E-state index in [9.17, 15) is 59.5 Å². The van der Waals surface area contributed by atoms with E-state index >= 15 is 0 Å². The Balaban J connectivity index is 1.68. The molecule has 3 aliphatic rings. The highest BCUT2D eigenvalue weighted by Gasteiger charge is 2.72. The van der Waals surface area contributed by atoms with Crippen LogP contribution in [0.25, 0.3) is 0 Å². The largest absolute Gasteiger partial charge is 0.407 e. The van der Waals surface area contributed by atoms with Crippen LogP contribution in [0, 0.1) is 17.3 Å². The molecule has 1 aliphatic carbocycles. The second-order valence-corrected chi connectivity index (χ2v) is 12.9. The fourth-order valence-corrected chi connectivity index (χ4v) is 6.89. The molecule has 2 aromatic rings. The maximum atomic E-state index is 14.6. The number of aliphatic hydroxyl groups is 1. The molecule has 0 bridgehead atoms. The molecule has 3 heterocycles. The molecule has 5 rings (SSSR count). The minimum absolute atomic E-state index is 0.172. The molecular weight excluding hydrogens is 675 g/mol. The number of carbonyl (C=O) groups is 2. The first-order valence-corrected chi connectivity index (χ1v) is 15.2. The number of pyridine rings is 1. The van der Waals surface area contributed by atoms with Crippen molar-refractivity contribution in [1.82, 2.24) is 15.2 Å². The maximum Gasteiger partial charge on any atom is 0.407 e. The maximum absolute atomic E-state index is 14.6. The molecule has 1 aromatic heterocycles. The van der Waals surface area contributed by atoms with Gasteiger partial charge in [-0.05, 0) is 49.9 Å². The third-order valence-corrected chi connectivity index (χ3v) is 9.31. The highest BCUT2D eigenvalue weighted by molar-refractivity contribution is 6.04. The van der Waals surface area contributed by atoms with Gasteiger partial charge in [-0.1, -0.05) is 6.07 Å². The van der Waals surface area contributed by atoms with Crippen molar-refractivity contribution in [2.24, 2.45) is 0 Å². The highest BCUT2D eigenvalue weighted by Crippen LogP contribution is 2.58. The zero-order valence-electron chi connectivity index (χ0n) is 25.8. The van der Waals surface area contributed by atoms with Gasteiger partial charge in [0.2, 0.25) is 11.8 Å². The van der Waals surface area contributed by atoms with Crippen molar-refractivity contribution in [2.75, 3.05) is 23.3 Å². The molecule has 266 valence electrons. The summed E-state index contributed by atoms with van der Waals surface area (Å²) in [6, 6.07) is -1.29. The van der Waals surface area contributed by atoms with Gasteiger partial charge in [0.15, 0.2) is 11.6 Å². The van der Waals surface area contributed by atoms with Crippen LogP contribution in [0.1, 0.15) is 62.6 Å². The summed E-state index contributed by atoms with van der Waals surface area (Å²) in [5.74, 6) is -6.09. The van der Waals surface area contributed by atoms with Gasteiger partial charge in [0.05, 0.1) is 18.3 Å².